The highest BCUT2D eigenvalue weighted by Gasteiger charge is 2.65. The molecular formula is C17H16ClF6N3O3S. The fourth-order valence-electron chi connectivity index (χ4n) is 3.19. The molecule has 2 atom stereocenters. The lowest BCUT2D eigenvalue weighted by Crippen LogP contribution is -2.49. The Morgan fingerprint density at radius 3 is 2.29 bits per heavy atom. The van der Waals surface area contributed by atoms with Gasteiger partial charge in [0, 0.05) is 24.0 Å². The SMILES string of the molecule is O=C(NCc1ccc(S(F)(F)(F)(F)F)cc1Cl)C1(F)CCC(O)(CO)c2nccnc21. The Kier molecular flexibility index (Phi) is 5.10. The average Bonchev–Trinajstić information content (AvgIpc) is 2.68. The Morgan fingerprint density at radius 1 is 1.13 bits per heavy atom. The topological polar surface area (TPSA) is 95.3 Å². The van der Waals surface area contributed by atoms with Crippen molar-refractivity contribution in [2.75, 3.05) is 6.61 Å². The van der Waals surface area contributed by atoms with Crippen LogP contribution in [0.4, 0.5) is 23.8 Å². The second-order valence-electron chi connectivity index (χ2n) is 7.15. The van der Waals surface area contributed by atoms with E-state index in [0.29, 0.717) is 6.07 Å². The number of aliphatic hydroxyl groups excluding tert-OH is 1. The molecule has 1 amide bonds. The Labute approximate surface area is 177 Å². The summed E-state index contributed by atoms with van der Waals surface area (Å²) in [5, 5.41) is 21.3. The number of benzene rings is 1. The van der Waals surface area contributed by atoms with Crippen LogP contribution in [0.3, 0.4) is 0 Å². The second-order valence-corrected chi connectivity index (χ2v) is 9.97. The lowest BCUT2D eigenvalue weighted by molar-refractivity contribution is -0.138. The maximum Gasteiger partial charge on any atom is 0.310 e. The summed E-state index contributed by atoms with van der Waals surface area (Å²) in [6.45, 7) is -1.35. The number of alkyl halides is 1. The molecule has 0 spiro atoms. The van der Waals surface area contributed by atoms with Crippen molar-refractivity contribution in [1.29, 1.82) is 0 Å². The van der Waals surface area contributed by atoms with Crippen LogP contribution in [0.5, 0.6) is 0 Å². The number of nitrogens with zero attached hydrogens (tertiary/aromatic N) is 2. The predicted molar refractivity (Wildman–Crippen MR) is 99.7 cm³/mol. The van der Waals surface area contributed by atoms with Crippen LogP contribution in [-0.4, -0.2) is 32.7 Å². The number of aromatic nitrogens is 2. The quantitative estimate of drug-likeness (QED) is 0.544. The number of aliphatic hydroxyl groups is 2. The molecule has 1 aromatic heterocycles. The van der Waals surface area contributed by atoms with Gasteiger partial charge in [-0.2, -0.15) is 0 Å². The molecule has 172 valence electrons. The van der Waals surface area contributed by atoms with Gasteiger partial charge in [0.1, 0.15) is 16.2 Å². The molecule has 0 radical (unpaired) electrons. The van der Waals surface area contributed by atoms with Gasteiger partial charge in [0.05, 0.1) is 12.3 Å². The van der Waals surface area contributed by atoms with E-state index in [1.165, 1.54) is 0 Å². The van der Waals surface area contributed by atoms with Crippen LogP contribution in [0, 0.1) is 0 Å². The predicted octanol–water partition coefficient (Wildman–Crippen LogP) is 4.24. The van der Waals surface area contributed by atoms with Gasteiger partial charge < -0.3 is 15.5 Å². The number of halogens is 7. The third-order valence-corrected chi connectivity index (χ3v) is 6.42. The van der Waals surface area contributed by atoms with Crippen LogP contribution in [0.2, 0.25) is 5.02 Å². The third kappa shape index (κ3) is 4.45. The van der Waals surface area contributed by atoms with Gasteiger partial charge in [-0.15, -0.1) is 0 Å². The molecule has 1 aliphatic rings. The lowest BCUT2D eigenvalue weighted by Gasteiger charge is -2.40. The van der Waals surface area contributed by atoms with Crippen LogP contribution in [0.25, 0.3) is 0 Å². The zero-order valence-corrected chi connectivity index (χ0v) is 17.0. The zero-order valence-electron chi connectivity index (χ0n) is 15.5. The number of hydrogen-bond donors (Lipinski definition) is 3. The van der Waals surface area contributed by atoms with Gasteiger partial charge in [-0.25, -0.2) is 4.39 Å². The van der Waals surface area contributed by atoms with Gasteiger partial charge in [-0.1, -0.05) is 37.1 Å². The maximum atomic E-state index is 15.6. The summed E-state index contributed by atoms with van der Waals surface area (Å²) in [5.74, 6) is -1.25. The highest BCUT2D eigenvalue weighted by atomic mass is 35.5. The average molecular weight is 492 g/mol. The molecule has 14 heteroatoms. The minimum absolute atomic E-state index is 0.0402. The summed E-state index contributed by atoms with van der Waals surface area (Å²) in [7, 11) is -9.93. The lowest BCUT2D eigenvalue weighted by atomic mass is 9.77. The number of fused-ring (bicyclic) bond motifs is 1. The van der Waals surface area contributed by atoms with Gasteiger partial charge in [0.2, 0.25) is 5.67 Å². The van der Waals surface area contributed by atoms with E-state index in [2.05, 4.69) is 15.3 Å². The number of rotatable bonds is 5. The molecule has 0 aliphatic heterocycles. The monoisotopic (exact) mass is 491 g/mol. The second kappa shape index (κ2) is 6.70. The molecule has 0 bridgehead atoms. The van der Waals surface area contributed by atoms with E-state index in [1.54, 1.807) is 0 Å². The number of hydrogen-bond acceptors (Lipinski definition) is 5. The fourth-order valence-corrected chi connectivity index (χ4v) is 4.16. The minimum Gasteiger partial charge on any atom is -0.393 e. The standard InChI is InChI=1S/C17H16ClF6N3O3S/c18-12-7-11(31(20,21,22,23)24)2-1-10(12)8-27-15(29)17(19)4-3-16(30,9-28)13-14(17)26-6-5-25-13/h1-2,5-7,28,30H,3-4,8-9H2,(H,27,29). The maximum absolute atomic E-state index is 15.6. The molecule has 0 fully saturated rings. The first-order valence-electron chi connectivity index (χ1n) is 8.65. The van der Waals surface area contributed by atoms with Gasteiger partial charge in [0.15, 0.2) is 0 Å². The van der Waals surface area contributed by atoms with Crippen LogP contribution >= 0.6 is 21.8 Å². The van der Waals surface area contributed by atoms with E-state index in [1.807, 2.05) is 0 Å². The van der Waals surface area contributed by atoms with E-state index in [0.717, 1.165) is 12.4 Å². The van der Waals surface area contributed by atoms with Gasteiger partial charge in [-0.3, -0.25) is 14.8 Å². The van der Waals surface area contributed by atoms with E-state index in [4.69, 9.17) is 11.6 Å². The third-order valence-electron chi connectivity index (χ3n) is 4.93. The van der Waals surface area contributed by atoms with Crippen molar-refractivity contribution in [2.45, 2.75) is 35.6 Å². The van der Waals surface area contributed by atoms with E-state index >= 15 is 4.39 Å². The summed E-state index contributed by atoms with van der Waals surface area (Å²) in [5.41, 5.74) is -5.66. The molecule has 1 aromatic carbocycles. The summed E-state index contributed by atoms with van der Waals surface area (Å²) < 4.78 is 79.9. The van der Waals surface area contributed by atoms with E-state index in [-0.39, 0.29) is 29.8 Å². The molecule has 31 heavy (non-hydrogen) atoms. The molecule has 1 heterocycles. The van der Waals surface area contributed by atoms with E-state index in [9.17, 15) is 34.4 Å². The number of amides is 1. The largest absolute Gasteiger partial charge is 0.393 e. The molecule has 0 saturated heterocycles. The Balaban J connectivity index is 1.84. The Bertz CT molecular complexity index is 1060. The Hall–Kier alpha value is -2.09. The molecule has 2 aromatic rings. The first-order chi connectivity index (χ1) is 14.0. The Morgan fingerprint density at radius 2 is 1.74 bits per heavy atom. The first-order valence-corrected chi connectivity index (χ1v) is 11.0. The van der Waals surface area contributed by atoms with Crippen LogP contribution in [0.1, 0.15) is 29.8 Å². The van der Waals surface area contributed by atoms with Crippen molar-refractivity contribution in [3.05, 3.63) is 52.6 Å². The molecular weight excluding hydrogens is 476 g/mol. The minimum atomic E-state index is -9.93. The van der Waals surface area contributed by atoms with Crippen molar-refractivity contribution in [3.8, 4) is 0 Å². The molecule has 1 aliphatic carbocycles. The highest BCUT2D eigenvalue weighted by molar-refractivity contribution is 8.45. The molecule has 0 saturated carbocycles. The van der Waals surface area contributed by atoms with E-state index < -0.39 is 62.6 Å². The normalized spacial score (nSPS) is 25.8. The number of carbonyl (C=O) groups excluding carboxylic acids is 1. The fraction of sp³-hybridized carbons (Fsp3) is 0.353. The summed E-state index contributed by atoms with van der Waals surface area (Å²) in [4.78, 5) is 17.9. The van der Waals surface area contributed by atoms with Crippen LogP contribution in [0.15, 0.2) is 35.5 Å². The van der Waals surface area contributed by atoms with Crippen LogP contribution in [-0.2, 0) is 22.6 Å². The van der Waals surface area contributed by atoms with Crippen molar-refractivity contribution in [1.82, 2.24) is 15.3 Å². The van der Waals surface area contributed by atoms with Gasteiger partial charge >= 0.3 is 10.2 Å². The highest BCUT2D eigenvalue weighted by Crippen LogP contribution is 3.02. The summed E-state index contributed by atoms with van der Waals surface area (Å²) in [6.07, 6.45) is 1.29. The number of carbonyl (C=O) groups is 1. The van der Waals surface area contributed by atoms with Crippen LogP contribution < -0.4 is 5.32 Å². The van der Waals surface area contributed by atoms with Gasteiger partial charge in [0.25, 0.3) is 5.91 Å². The molecule has 3 N–H and O–H groups in total. The summed E-state index contributed by atoms with van der Waals surface area (Å²) >= 11 is 5.66. The molecule has 2 unspecified atom stereocenters. The summed E-state index contributed by atoms with van der Waals surface area (Å²) in [6, 6.07) is 0.821. The molecule has 3 rings (SSSR count). The van der Waals surface area contributed by atoms with Gasteiger partial charge in [-0.05, 0) is 30.5 Å². The van der Waals surface area contributed by atoms with Crippen molar-refractivity contribution in [2.24, 2.45) is 0 Å². The van der Waals surface area contributed by atoms with Crippen molar-refractivity contribution < 1.29 is 38.8 Å². The zero-order chi connectivity index (χ0) is 23.4. The molecule has 6 nitrogen and oxygen atoms in total. The first kappa shape index (κ1) is 23.6. The number of nitrogens with one attached hydrogen (secondary N) is 1. The smallest absolute Gasteiger partial charge is 0.310 e. The van der Waals surface area contributed by atoms with Crippen molar-refractivity contribution in [3.63, 3.8) is 0 Å². The van der Waals surface area contributed by atoms with Crippen molar-refractivity contribution >= 4 is 27.7 Å².